The average molecular weight is 314 g/mol. The standard InChI is InChI=1S/C15H24F2N4O/c1-3-11-5-4-6-12(9-11)19-15(22)20(2)10-13-18-7-8-21(13)14(16)17/h7-8,11-12,14H,3-6,9-10H2,1-2H3,(H,19,22)/t11-,12+/m0/s1. The lowest BCUT2D eigenvalue weighted by atomic mass is 9.84. The van der Waals surface area contributed by atoms with Crippen LogP contribution in [0.2, 0.25) is 0 Å². The Morgan fingerprint density at radius 2 is 2.32 bits per heavy atom. The molecule has 2 rings (SSSR count). The van der Waals surface area contributed by atoms with Crippen molar-refractivity contribution < 1.29 is 13.6 Å². The molecule has 0 spiro atoms. The number of carbonyl (C=O) groups is 1. The summed E-state index contributed by atoms with van der Waals surface area (Å²) in [5.41, 5.74) is 0. The van der Waals surface area contributed by atoms with E-state index in [1.54, 1.807) is 7.05 Å². The zero-order valence-electron chi connectivity index (χ0n) is 13.1. The minimum absolute atomic E-state index is 0.0626. The Morgan fingerprint density at radius 3 is 3.00 bits per heavy atom. The second-order valence-electron chi connectivity index (χ2n) is 5.97. The predicted octanol–water partition coefficient (Wildman–Crippen LogP) is 3.39. The van der Waals surface area contributed by atoms with E-state index in [0.29, 0.717) is 5.92 Å². The van der Waals surface area contributed by atoms with Gasteiger partial charge >= 0.3 is 12.6 Å². The minimum atomic E-state index is -2.64. The largest absolute Gasteiger partial charge is 0.335 e. The van der Waals surface area contributed by atoms with Crippen LogP contribution in [-0.2, 0) is 6.54 Å². The number of hydrogen-bond donors (Lipinski definition) is 1. The molecule has 0 bridgehead atoms. The zero-order chi connectivity index (χ0) is 16.1. The van der Waals surface area contributed by atoms with Crippen molar-refractivity contribution in [2.75, 3.05) is 7.05 Å². The lowest BCUT2D eigenvalue weighted by molar-refractivity contribution is 0.0650. The lowest BCUT2D eigenvalue weighted by Gasteiger charge is -2.30. The highest BCUT2D eigenvalue weighted by Gasteiger charge is 2.24. The van der Waals surface area contributed by atoms with Gasteiger partial charge in [-0.1, -0.05) is 26.2 Å². The Balaban J connectivity index is 1.88. The van der Waals surface area contributed by atoms with Gasteiger partial charge in [0.1, 0.15) is 5.82 Å². The smallest absolute Gasteiger partial charge is 0.319 e. The highest BCUT2D eigenvalue weighted by molar-refractivity contribution is 5.74. The van der Waals surface area contributed by atoms with Gasteiger partial charge in [0.25, 0.3) is 0 Å². The molecular formula is C15H24F2N4O. The van der Waals surface area contributed by atoms with Crippen molar-refractivity contribution in [1.82, 2.24) is 19.8 Å². The SMILES string of the molecule is CC[C@H]1CCC[C@@H](NC(=O)N(C)Cc2nccn2C(F)F)C1. The van der Waals surface area contributed by atoms with Crippen molar-refractivity contribution in [2.45, 2.75) is 58.2 Å². The maximum atomic E-state index is 12.8. The Hall–Kier alpha value is -1.66. The normalized spacial score (nSPS) is 21.9. The Labute approximate surface area is 129 Å². The first-order valence-electron chi connectivity index (χ1n) is 7.82. The summed E-state index contributed by atoms with van der Waals surface area (Å²) in [6.07, 6.45) is 8.02. The molecule has 1 aliphatic rings. The van der Waals surface area contributed by atoms with Crippen LogP contribution >= 0.6 is 0 Å². The van der Waals surface area contributed by atoms with Crippen molar-refractivity contribution in [2.24, 2.45) is 5.92 Å². The van der Waals surface area contributed by atoms with Crippen molar-refractivity contribution in [3.63, 3.8) is 0 Å². The average Bonchev–Trinajstić information content (AvgIpc) is 2.95. The number of amides is 2. The molecule has 1 aromatic rings. The van der Waals surface area contributed by atoms with Gasteiger partial charge < -0.3 is 10.2 Å². The van der Waals surface area contributed by atoms with E-state index in [4.69, 9.17) is 0 Å². The van der Waals surface area contributed by atoms with Gasteiger partial charge in [0, 0.05) is 25.5 Å². The van der Waals surface area contributed by atoms with Gasteiger partial charge in [-0.3, -0.25) is 4.57 Å². The third-order valence-electron chi connectivity index (χ3n) is 4.37. The van der Waals surface area contributed by atoms with Gasteiger partial charge in [-0.15, -0.1) is 0 Å². The molecule has 124 valence electrons. The van der Waals surface area contributed by atoms with Gasteiger partial charge in [-0.05, 0) is 18.8 Å². The number of halogens is 2. The summed E-state index contributed by atoms with van der Waals surface area (Å²) in [7, 11) is 1.60. The molecular weight excluding hydrogens is 290 g/mol. The molecule has 1 fully saturated rings. The van der Waals surface area contributed by atoms with Crippen LogP contribution in [0.15, 0.2) is 12.4 Å². The summed E-state index contributed by atoms with van der Waals surface area (Å²) in [5.74, 6) is 0.852. The number of nitrogens with one attached hydrogen (secondary N) is 1. The molecule has 1 aliphatic carbocycles. The van der Waals surface area contributed by atoms with Crippen LogP contribution in [0.25, 0.3) is 0 Å². The number of imidazole rings is 1. The summed E-state index contributed by atoms with van der Waals surface area (Å²) in [6, 6.07) is -0.0472. The molecule has 1 heterocycles. The number of alkyl halides is 2. The van der Waals surface area contributed by atoms with Crippen LogP contribution in [0.1, 0.15) is 51.4 Å². The minimum Gasteiger partial charge on any atom is -0.335 e. The van der Waals surface area contributed by atoms with Gasteiger partial charge in [-0.25, -0.2) is 9.78 Å². The zero-order valence-corrected chi connectivity index (χ0v) is 13.1. The fraction of sp³-hybridized carbons (Fsp3) is 0.733. The third kappa shape index (κ3) is 4.18. The molecule has 5 nitrogen and oxygen atoms in total. The molecule has 1 N–H and O–H groups in total. The molecule has 7 heteroatoms. The first-order chi connectivity index (χ1) is 10.5. The molecule has 0 saturated heterocycles. The quantitative estimate of drug-likeness (QED) is 0.905. The Morgan fingerprint density at radius 1 is 1.55 bits per heavy atom. The van der Waals surface area contributed by atoms with E-state index in [-0.39, 0.29) is 24.4 Å². The van der Waals surface area contributed by atoms with E-state index in [9.17, 15) is 13.6 Å². The van der Waals surface area contributed by atoms with Crippen LogP contribution in [0, 0.1) is 5.92 Å². The van der Waals surface area contributed by atoms with Gasteiger partial charge in [-0.2, -0.15) is 8.78 Å². The second-order valence-corrected chi connectivity index (χ2v) is 5.97. The van der Waals surface area contributed by atoms with E-state index in [2.05, 4.69) is 17.2 Å². The molecule has 1 aromatic heterocycles. The molecule has 0 unspecified atom stereocenters. The van der Waals surface area contributed by atoms with Gasteiger partial charge in [0.2, 0.25) is 0 Å². The summed E-state index contributed by atoms with van der Waals surface area (Å²) in [6.45, 7) is -0.407. The van der Waals surface area contributed by atoms with E-state index in [1.165, 1.54) is 23.7 Å². The van der Waals surface area contributed by atoms with Crippen molar-refractivity contribution in [3.8, 4) is 0 Å². The van der Waals surface area contributed by atoms with E-state index >= 15 is 0 Å². The summed E-state index contributed by atoms with van der Waals surface area (Å²) < 4.78 is 26.3. The van der Waals surface area contributed by atoms with Crippen molar-refractivity contribution >= 4 is 6.03 Å². The number of hydrogen-bond acceptors (Lipinski definition) is 2. The molecule has 2 atom stereocenters. The number of urea groups is 1. The number of rotatable bonds is 5. The highest BCUT2D eigenvalue weighted by atomic mass is 19.3. The van der Waals surface area contributed by atoms with E-state index in [1.807, 2.05) is 0 Å². The van der Waals surface area contributed by atoms with Gasteiger partial charge in [0.05, 0.1) is 6.54 Å². The fourth-order valence-corrected chi connectivity index (χ4v) is 3.01. The number of nitrogens with zero attached hydrogens (tertiary/aromatic N) is 3. The maximum absolute atomic E-state index is 12.8. The van der Waals surface area contributed by atoms with Crippen LogP contribution < -0.4 is 5.32 Å². The maximum Gasteiger partial charge on any atom is 0.319 e. The molecule has 0 aliphatic heterocycles. The summed E-state index contributed by atoms with van der Waals surface area (Å²) in [4.78, 5) is 17.5. The lowest BCUT2D eigenvalue weighted by Crippen LogP contribution is -2.44. The first-order valence-corrected chi connectivity index (χ1v) is 7.82. The molecule has 2 amide bonds. The van der Waals surface area contributed by atoms with Crippen molar-refractivity contribution in [3.05, 3.63) is 18.2 Å². The Bertz CT molecular complexity index is 492. The van der Waals surface area contributed by atoms with Crippen LogP contribution in [0.5, 0.6) is 0 Å². The molecule has 0 aromatic carbocycles. The first kappa shape index (κ1) is 16.7. The molecule has 0 radical (unpaired) electrons. The highest BCUT2D eigenvalue weighted by Crippen LogP contribution is 2.26. The summed E-state index contributed by atoms with van der Waals surface area (Å²) in [5, 5.41) is 3.01. The van der Waals surface area contributed by atoms with Crippen LogP contribution in [-0.4, -0.2) is 33.6 Å². The Kier molecular flexibility index (Phi) is 5.74. The summed E-state index contributed by atoms with van der Waals surface area (Å²) >= 11 is 0. The van der Waals surface area contributed by atoms with Crippen LogP contribution in [0.4, 0.5) is 13.6 Å². The van der Waals surface area contributed by atoms with Crippen molar-refractivity contribution in [1.29, 1.82) is 0 Å². The number of aromatic nitrogens is 2. The fourth-order valence-electron chi connectivity index (χ4n) is 3.01. The monoisotopic (exact) mass is 314 g/mol. The van der Waals surface area contributed by atoms with Crippen LogP contribution in [0.3, 0.4) is 0 Å². The number of carbonyl (C=O) groups excluding carboxylic acids is 1. The topological polar surface area (TPSA) is 50.2 Å². The second kappa shape index (κ2) is 7.56. The molecule has 22 heavy (non-hydrogen) atoms. The van der Waals surface area contributed by atoms with Gasteiger partial charge in [0.15, 0.2) is 0 Å². The van der Waals surface area contributed by atoms with E-state index in [0.717, 1.165) is 30.3 Å². The molecule has 1 saturated carbocycles. The third-order valence-corrected chi connectivity index (χ3v) is 4.37. The predicted molar refractivity (Wildman–Crippen MR) is 79.5 cm³/mol. The van der Waals surface area contributed by atoms with E-state index < -0.39 is 6.55 Å².